The number of nitrogens with one attached hydrogen (secondary N) is 1. The highest BCUT2D eigenvalue weighted by Crippen LogP contribution is 2.41. The molecular weight excluding hydrogens is 332 g/mol. The van der Waals surface area contributed by atoms with Gasteiger partial charge in [-0.25, -0.2) is 0 Å². The molecule has 4 nitrogen and oxygen atoms in total. The van der Waals surface area contributed by atoms with Crippen LogP contribution in [0.1, 0.15) is 31.4 Å². The monoisotopic (exact) mass is 354 g/mol. The summed E-state index contributed by atoms with van der Waals surface area (Å²) in [6, 6.07) is 13.8. The van der Waals surface area contributed by atoms with Crippen LogP contribution in [-0.4, -0.2) is 24.3 Å². The lowest BCUT2D eigenvalue weighted by Crippen LogP contribution is -2.50. The van der Waals surface area contributed by atoms with Gasteiger partial charge >= 0.3 is 0 Å². The van der Waals surface area contributed by atoms with Crippen LogP contribution in [0.2, 0.25) is 0 Å². The minimum atomic E-state index is -2.21. The molecule has 0 saturated heterocycles. The topological polar surface area (TPSA) is 59.1 Å². The van der Waals surface area contributed by atoms with Crippen LogP contribution >= 0.6 is 0 Å². The Hall–Kier alpha value is -2.24. The van der Waals surface area contributed by atoms with Gasteiger partial charge in [-0.15, -0.1) is 0 Å². The number of allylic oxidation sites excluding steroid dienone is 1. The molecular formula is C20H22N2O2S. The Morgan fingerprint density at radius 2 is 1.80 bits per heavy atom. The van der Waals surface area contributed by atoms with Gasteiger partial charge in [-0.1, -0.05) is 50.3 Å². The van der Waals surface area contributed by atoms with Crippen LogP contribution in [0, 0.1) is 5.41 Å². The van der Waals surface area contributed by atoms with Crippen LogP contribution in [0.15, 0.2) is 60.9 Å². The molecule has 1 aliphatic carbocycles. The summed E-state index contributed by atoms with van der Waals surface area (Å²) in [6.07, 6.45) is 5.98. The molecule has 25 heavy (non-hydrogen) atoms. The van der Waals surface area contributed by atoms with E-state index in [9.17, 15) is 8.42 Å². The minimum Gasteiger partial charge on any atom is -0.305 e. The van der Waals surface area contributed by atoms with E-state index in [-0.39, 0.29) is 11.5 Å². The predicted octanol–water partition coefficient (Wildman–Crippen LogP) is 3.10. The number of benzene rings is 1. The molecule has 5 heteroatoms. The van der Waals surface area contributed by atoms with Gasteiger partial charge in [0, 0.05) is 30.8 Å². The van der Waals surface area contributed by atoms with Crippen molar-refractivity contribution in [3.63, 3.8) is 0 Å². The van der Waals surface area contributed by atoms with E-state index in [4.69, 9.17) is 0 Å². The fraction of sp³-hybridized carbons (Fsp3) is 0.300. The summed E-state index contributed by atoms with van der Waals surface area (Å²) in [7, 11) is -2.21. The molecule has 2 aromatic rings. The van der Waals surface area contributed by atoms with Gasteiger partial charge in [0.1, 0.15) is 0 Å². The first-order valence-electron chi connectivity index (χ1n) is 8.33. The molecule has 0 bridgehead atoms. The lowest BCUT2D eigenvalue weighted by molar-refractivity contribution is 0.386. The molecule has 1 unspecified atom stereocenters. The maximum Gasteiger partial charge on any atom is 0.215 e. The SMILES string of the molecule is CC1(C)C(c2ccccc2)=CCC(=S(=O)=O)C1NCc1ccncc1. The van der Waals surface area contributed by atoms with E-state index < -0.39 is 10.3 Å². The van der Waals surface area contributed by atoms with Gasteiger partial charge in [-0.3, -0.25) is 4.98 Å². The second-order valence-corrected chi connectivity index (χ2v) is 7.77. The zero-order valence-electron chi connectivity index (χ0n) is 14.4. The van der Waals surface area contributed by atoms with Crippen molar-refractivity contribution < 1.29 is 8.42 Å². The summed E-state index contributed by atoms with van der Waals surface area (Å²) in [5.74, 6) is 0. The molecule has 0 aliphatic heterocycles. The number of nitrogens with zero attached hydrogens (tertiary/aromatic N) is 1. The van der Waals surface area contributed by atoms with E-state index in [0.29, 0.717) is 17.8 Å². The van der Waals surface area contributed by atoms with E-state index in [2.05, 4.69) is 36.3 Å². The molecule has 1 aromatic carbocycles. The third-order valence-electron chi connectivity index (χ3n) is 4.80. The normalized spacial score (nSPS) is 19.4. The van der Waals surface area contributed by atoms with Crippen molar-refractivity contribution in [2.75, 3.05) is 0 Å². The van der Waals surface area contributed by atoms with Crippen LogP contribution in [0.5, 0.6) is 0 Å². The molecule has 1 N–H and O–H groups in total. The average molecular weight is 354 g/mol. The van der Waals surface area contributed by atoms with Crippen molar-refractivity contribution in [2.24, 2.45) is 5.41 Å². The van der Waals surface area contributed by atoms with Crippen molar-refractivity contribution in [1.82, 2.24) is 10.3 Å². The van der Waals surface area contributed by atoms with Crippen LogP contribution in [0.4, 0.5) is 0 Å². The van der Waals surface area contributed by atoms with E-state index in [1.807, 2.05) is 36.4 Å². The first-order chi connectivity index (χ1) is 12.0. The van der Waals surface area contributed by atoms with Gasteiger partial charge in [0.05, 0.1) is 10.9 Å². The van der Waals surface area contributed by atoms with Gasteiger partial charge in [-0.05, 0) is 28.8 Å². The fourth-order valence-electron chi connectivity index (χ4n) is 3.50. The van der Waals surface area contributed by atoms with Gasteiger partial charge in [0.25, 0.3) is 0 Å². The lowest BCUT2D eigenvalue weighted by Gasteiger charge is -2.40. The van der Waals surface area contributed by atoms with Crippen molar-refractivity contribution in [3.05, 3.63) is 72.1 Å². The Balaban J connectivity index is 1.96. The number of rotatable bonds is 4. The summed E-state index contributed by atoms with van der Waals surface area (Å²) in [5.41, 5.74) is 3.05. The maximum absolute atomic E-state index is 11.8. The molecule has 1 aromatic heterocycles. The Kier molecular flexibility index (Phi) is 5.16. The van der Waals surface area contributed by atoms with Crippen molar-refractivity contribution in [3.8, 4) is 0 Å². The molecule has 0 saturated carbocycles. The van der Waals surface area contributed by atoms with Crippen LogP contribution < -0.4 is 5.32 Å². The fourth-order valence-corrected chi connectivity index (χ4v) is 4.29. The van der Waals surface area contributed by atoms with E-state index in [0.717, 1.165) is 11.1 Å². The van der Waals surface area contributed by atoms with Crippen LogP contribution in [-0.2, 0) is 16.8 Å². The van der Waals surface area contributed by atoms with E-state index >= 15 is 0 Å². The Morgan fingerprint density at radius 1 is 1.12 bits per heavy atom. The largest absolute Gasteiger partial charge is 0.305 e. The second-order valence-electron chi connectivity index (χ2n) is 6.78. The minimum absolute atomic E-state index is 0.251. The first kappa shape index (κ1) is 17.6. The molecule has 1 atom stereocenters. The zero-order chi connectivity index (χ0) is 17.9. The van der Waals surface area contributed by atoms with Gasteiger partial charge in [0.2, 0.25) is 10.3 Å². The first-order valence-corrected chi connectivity index (χ1v) is 9.41. The van der Waals surface area contributed by atoms with Crippen molar-refractivity contribution >= 4 is 20.7 Å². The second kappa shape index (κ2) is 7.33. The summed E-state index contributed by atoms with van der Waals surface area (Å²) in [4.78, 5) is 4.54. The van der Waals surface area contributed by atoms with Gasteiger partial charge in [-0.2, -0.15) is 8.42 Å². The highest BCUT2D eigenvalue weighted by atomic mass is 32.2. The number of aromatic nitrogens is 1. The molecule has 1 aliphatic rings. The lowest BCUT2D eigenvalue weighted by atomic mass is 9.69. The Bertz CT molecular complexity index is 893. The summed E-state index contributed by atoms with van der Waals surface area (Å²) >= 11 is 0. The highest BCUT2D eigenvalue weighted by molar-refractivity contribution is 7.73. The molecule has 3 rings (SSSR count). The van der Waals surface area contributed by atoms with Crippen LogP contribution in [0.3, 0.4) is 0 Å². The molecule has 0 fully saturated rings. The summed E-state index contributed by atoms with van der Waals surface area (Å²) in [5, 5.41) is 3.46. The number of pyridine rings is 1. The van der Waals surface area contributed by atoms with Gasteiger partial charge in [0.15, 0.2) is 0 Å². The standard InChI is InChI=1S/C20H22N2O2S/c1-20(2)17(16-6-4-3-5-7-16)8-9-18(25(23)24)19(20)22-14-15-10-12-21-13-11-15/h3-8,10-13,19,22H,9,14H2,1-2H3. The third kappa shape index (κ3) is 3.72. The molecule has 0 spiro atoms. The van der Waals surface area contributed by atoms with E-state index in [1.54, 1.807) is 12.4 Å². The zero-order valence-corrected chi connectivity index (χ0v) is 15.3. The Labute approximate surface area is 150 Å². The number of hydrogen-bond donors (Lipinski definition) is 1. The highest BCUT2D eigenvalue weighted by Gasteiger charge is 2.40. The summed E-state index contributed by atoms with van der Waals surface area (Å²) < 4.78 is 23.6. The smallest absolute Gasteiger partial charge is 0.215 e. The van der Waals surface area contributed by atoms with Crippen molar-refractivity contribution in [2.45, 2.75) is 32.9 Å². The molecule has 1 heterocycles. The summed E-state index contributed by atoms with van der Waals surface area (Å²) in [6.45, 7) is 4.80. The quantitative estimate of drug-likeness (QED) is 0.857. The Morgan fingerprint density at radius 3 is 2.44 bits per heavy atom. The maximum atomic E-state index is 11.8. The molecule has 0 radical (unpaired) electrons. The predicted molar refractivity (Wildman–Crippen MR) is 102 cm³/mol. The van der Waals surface area contributed by atoms with E-state index in [1.165, 1.54) is 5.57 Å². The van der Waals surface area contributed by atoms with Crippen LogP contribution in [0.25, 0.3) is 5.57 Å². The van der Waals surface area contributed by atoms with Crippen molar-refractivity contribution in [1.29, 1.82) is 0 Å². The average Bonchev–Trinajstić information content (AvgIpc) is 2.61. The van der Waals surface area contributed by atoms with Gasteiger partial charge < -0.3 is 5.32 Å². The third-order valence-corrected chi connectivity index (χ3v) is 5.63. The molecule has 130 valence electrons. The molecule has 0 amide bonds. The number of hydrogen-bond acceptors (Lipinski definition) is 4.